The third kappa shape index (κ3) is 5.10. The standard InChI is InChI=1S/C15H12Cl2F3NO7/c1-8(28-21(23)24)6-25-13(22)26-7-14(15(18,19)20)3-2-9-4-10(16)5-11(17)12(9)27-14/h2-5,8H,6-7H2,1H3/t8?,14-/m0/s1. The Morgan fingerprint density at radius 3 is 2.64 bits per heavy atom. The van der Waals surface area contributed by atoms with Gasteiger partial charge in [-0.2, -0.15) is 13.2 Å². The molecule has 2 rings (SSSR count). The zero-order valence-electron chi connectivity index (χ0n) is 14.0. The van der Waals surface area contributed by atoms with Crippen molar-refractivity contribution in [1.29, 1.82) is 0 Å². The largest absolute Gasteiger partial charge is 0.508 e. The predicted molar refractivity (Wildman–Crippen MR) is 89.8 cm³/mol. The van der Waals surface area contributed by atoms with Crippen molar-refractivity contribution in [3.8, 4) is 5.75 Å². The molecular formula is C15H12Cl2F3NO7. The van der Waals surface area contributed by atoms with Gasteiger partial charge in [-0.1, -0.05) is 29.3 Å². The molecule has 0 radical (unpaired) electrons. The Kier molecular flexibility index (Phi) is 6.50. The maximum atomic E-state index is 13.6. The van der Waals surface area contributed by atoms with Crippen LogP contribution in [-0.2, 0) is 14.3 Å². The number of halogens is 5. The summed E-state index contributed by atoms with van der Waals surface area (Å²) in [7, 11) is 0. The van der Waals surface area contributed by atoms with Crippen LogP contribution >= 0.6 is 23.2 Å². The molecule has 1 aromatic carbocycles. The Hall–Kier alpha value is -2.40. The lowest BCUT2D eigenvalue weighted by atomic mass is 9.98. The topological polar surface area (TPSA) is 97.1 Å². The van der Waals surface area contributed by atoms with Crippen molar-refractivity contribution >= 4 is 35.4 Å². The smallest absolute Gasteiger partial charge is 0.468 e. The molecule has 154 valence electrons. The number of benzene rings is 1. The molecule has 0 saturated heterocycles. The Labute approximate surface area is 165 Å². The summed E-state index contributed by atoms with van der Waals surface area (Å²) in [6.45, 7) is -0.679. The summed E-state index contributed by atoms with van der Waals surface area (Å²) in [4.78, 5) is 25.8. The third-order valence-electron chi connectivity index (χ3n) is 3.44. The van der Waals surface area contributed by atoms with Gasteiger partial charge in [0.15, 0.2) is 0 Å². The van der Waals surface area contributed by atoms with Crippen molar-refractivity contribution in [2.75, 3.05) is 13.2 Å². The van der Waals surface area contributed by atoms with Crippen molar-refractivity contribution in [2.45, 2.75) is 24.8 Å². The van der Waals surface area contributed by atoms with Gasteiger partial charge in [0.2, 0.25) is 0 Å². The molecule has 1 unspecified atom stereocenters. The summed E-state index contributed by atoms with van der Waals surface area (Å²) in [5.74, 6) is -0.282. The normalized spacial score (nSPS) is 19.2. The number of hydrogen-bond donors (Lipinski definition) is 0. The highest BCUT2D eigenvalue weighted by Gasteiger charge is 2.58. The molecule has 0 amide bonds. The quantitative estimate of drug-likeness (QED) is 0.362. The molecule has 13 heteroatoms. The molecule has 0 saturated carbocycles. The second-order valence-corrected chi connectivity index (χ2v) is 6.46. The lowest BCUT2D eigenvalue weighted by Crippen LogP contribution is -2.53. The van der Waals surface area contributed by atoms with Gasteiger partial charge in [0.1, 0.15) is 25.1 Å². The molecule has 2 atom stereocenters. The molecule has 8 nitrogen and oxygen atoms in total. The first-order chi connectivity index (χ1) is 12.9. The molecule has 0 bridgehead atoms. The van der Waals surface area contributed by atoms with Gasteiger partial charge >= 0.3 is 12.3 Å². The summed E-state index contributed by atoms with van der Waals surface area (Å²) in [5, 5.41) is 9.06. The molecule has 0 spiro atoms. The van der Waals surface area contributed by atoms with Crippen LogP contribution in [0.3, 0.4) is 0 Å². The number of nitrogens with zero attached hydrogens (tertiary/aromatic N) is 1. The SMILES string of the molecule is CC(COC(=O)OC[C@]1(C(F)(F)F)C=Cc2cc(Cl)cc(Cl)c2O1)O[N+](=O)[O-]. The first-order valence-corrected chi connectivity index (χ1v) is 8.24. The van der Waals surface area contributed by atoms with Crippen LogP contribution in [0.1, 0.15) is 12.5 Å². The average Bonchev–Trinajstić information content (AvgIpc) is 2.56. The van der Waals surface area contributed by atoms with E-state index in [1.807, 2.05) is 0 Å². The van der Waals surface area contributed by atoms with Crippen LogP contribution in [0.15, 0.2) is 18.2 Å². The van der Waals surface area contributed by atoms with Crippen LogP contribution in [0, 0.1) is 10.1 Å². The van der Waals surface area contributed by atoms with Gasteiger partial charge in [-0.3, -0.25) is 0 Å². The zero-order valence-corrected chi connectivity index (χ0v) is 15.5. The lowest BCUT2D eigenvalue weighted by molar-refractivity contribution is -0.767. The highest BCUT2D eigenvalue weighted by molar-refractivity contribution is 6.36. The molecule has 1 aliphatic rings. The fourth-order valence-corrected chi connectivity index (χ4v) is 2.68. The minimum absolute atomic E-state index is 0.159. The van der Waals surface area contributed by atoms with Gasteiger partial charge < -0.3 is 19.0 Å². The van der Waals surface area contributed by atoms with Crippen LogP contribution in [0.2, 0.25) is 10.0 Å². The van der Waals surface area contributed by atoms with E-state index >= 15 is 0 Å². The lowest BCUT2D eigenvalue weighted by Gasteiger charge is -2.36. The fraction of sp³-hybridized carbons (Fsp3) is 0.400. The molecule has 0 fully saturated rings. The number of alkyl halides is 3. The molecular weight excluding hydrogens is 434 g/mol. The van der Waals surface area contributed by atoms with Crippen LogP contribution < -0.4 is 4.74 Å². The molecule has 1 heterocycles. The Bertz CT molecular complexity index is 803. The first-order valence-electron chi connectivity index (χ1n) is 7.48. The molecule has 1 aliphatic heterocycles. The van der Waals surface area contributed by atoms with E-state index in [9.17, 15) is 28.1 Å². The Morgan fingerprint density at radius 1 is 1.36 bits per heavy atom. The summed E-state index contributed by atoms with van der Waals surface area (Å²) in [6, 6.07) is 2.56. The molecule has 0 aliphatic carbocycles. The number of carbonyl (C=O) groups excluding carboxylic acids is 1. The van der Waals surface area contributed by atoms with E-state index in [0.717, 1.165) is 6.08 Å². The van der Waals surface area contributed by atoms with E-state index < -0.39 is 42.3 Å². The fourth-order valence-electron chi connectivity index (χ4n) is 2.13. The number of fused-ring (bicyclic) bond motifs is 1. The molecule has 1 aromatic rings. The van der Waals surface area contributed by atoms with Crippen molar-refractivity contribution in [3.05, 3.63) is 43.9 Å². The third-order valence-corrected chi connectivity index (χ3v) is 3.94. The average molecular weight is 446 g/mol. The van der Waals surface area contributed by atoms with Crippen LogP contribution in [0.5, 0.6) is 5.75 Å². The maximum Gasteiger partial charge on any atom is 0.508 e. The second-order valence-electron chi connectivity index (χ2n) is 5.62. The number of carbonyl (C=O) groups is 1. The van der Waals surface area contributed by atoms with E-state index in [1.165, 1.54) is 19.1 Å². The zero-order chi connectivity index (χ0) is 21.1. The first kappa shape index (κ1) is 21.9. The van der Waals surface area contributed by atoms with Crippen molar-refractivity contribution in [3.63, 3.8) is 0 Å². The highest BCUT2D eigenvalue weighted by atomic mass is 35.5. The second kappa shape index (κ2) is 8.31. The van der Waals surface area contributed by atoms with Crippen LogP contribution in [-0.4, -0.2) is 42.3 Å². The summed E-state index contributed by atoms with van der Waals surface area (Å²) < 4.78 is 54.9. The molecule has 0 N–H and O–H groups in total. The monoisotopic (exact) mass is 445 g/mol. The molecule has 0 aromatic heterocycles. The Morgan fingerprint density at radius 2 is 2.04 bits per heavy atom. The van der Waals surface area contributed by atoms with Crippen molar-refractivity contribution in [1.82, 2.24) is 0 Å². The number of hydrogen-bond acceptors (Lipinski definition) is 7. The van der Waals surface area contributed by atoms with Crippen molar-refractivity contribution < 1.29 is 42.1 Å². The van der Waals surface area contributed by atoms with Gasteiger partial charge in [-0.05, 0) is 25.1 Å². The van der Waals surface area contributed by atoms with E-state index in [0.29, 0.717) is 6.08 Å². The minimum Gasteiger partial charge on any atom is -0.468 e. The van der Waals surface area contributed by atoms with Gasteiger partial charge in [-0.15, -0.1) is 10.1 Å². The van der Waals surface area contributed by atoms with Gasteiger partial charge in [0, 0.05) is 10.6 Å². The van der Waals surface area contributed by atoms with Gasteiger partial charge in [-0.25, -0.2) is 4.79 Å². The van der Waals surface area contributed by atoms with Gasteiger partial charge in [0.05, 0.1) is 5.02 Å². The predicted octanol–water partition coefficient (Wildman–Crippen LogP) is 4.45. The summed E-state index contributed by atoms with van der Waals surface area (Å²) >= 11 is 11.7. The number of rotatable bonds is 6. The highest BCUT2D eigenvalue weighted by Crippen LogP contribution is 2.45. The summed E-state index contributed by atoms with van der Waals surface area (Å²) in [6.07, 6.45) is -5.86. The number of ether oxygens (including phenoxy) is 3. The van der Waals surface area contributed by atoms with Crippen LogP contribution in [0.4, 0.5) is 18.0 Å². The van der Waals surface area contributed by atoms with E-state index in [2.05, 4.69) is 14.3 Å². The maximum absolute atomic E-state index is 13.6. The summed E-state index contributed by atoms with van der Waals surface area (Å²) in [5.41, 5.74) is -2.80. The van der Waals surface area contributed by atoms with E-state index in [4.69, 9.17) is 27.9 Å². The van der Waals surface area contributed by atoms with E-state index in [1.54, 1.807) is 0 Å². The van der Waals surface area contributed by atoms with Gasteiger partial charge in [0.25, 0.3) is 10.7 Å². The van der Waals surface area contributed by atoms with E-state index in [-0.39, 0.29) is 21.4 Å². The Balaban J connectivity index is 2.10. The van der Waals surface area contributed by atoms with Crippen LogP contribution in [0.25, 0.3) is 6.08 Å². The molecule has 28 heavy (non-hydrogen) atoms. The minimum atomic E-state index is -4.98. The van der Waals surface area contributed by atoms with Crippen molar-refractivity contribution in [2.24, 2.45) is 0 Å².